The lowest BCUT2D eigenvalue weighted by molar-refractivity contribution is 0.161. The molecule has 29 heavy (non-hydrogen) atoms. The lowest BCUT2D eigenvalue weighted by atomic mass is 9.71. The summed E-state index contributed by atoms with van der Waals surface area (Å²) in [4.78, 5) is 11.8. The molecule has 2 aliphatic rings. The Morgan fingerprint density at radius 2 is 1.86 bits per heavy atom. The van der Waals surface area contributed by atoms with Crippen LogP contribution in [-0.4, -0.2) is 28.2 Å². The smallest absolute Gasteiger partial charge is 0.153 e. The molecule has 156 valence electrons. The van der Waals surface area contributed by atoms with Gasteiger partial charge >= 0.3 is 0 Å². The molecule has 0 unspecified atom stereocenters. The Hall–Kier alpha value is -1.07. The number of anilines is 1. The fourth-order valence-corrected chi connectivity index (χ4v) is 5.80. The van der Waals surface area contributed by atoms with Crippen molar-refractivity contribution in [2.24, 2.45) is 11.3 Å². The molecular formula is C22H26Cl3N3O. The zero-order valence-electron chi connectivity index (χ0n) is 16.8. The molecular weight excluding hydrogens is 429 g/mol. The summed E-state index contributed by atoms with van der Waals surface area (Å²) >= 11 is 18.8. The molecule has 1 aromatic heterocycles. The standard InChI is InChI=1S/C22H26Cl3N3O/c1-13-4-3-5-22(13)6-8-28(9-7-22)21-18(12-29)27-20(14(2)26-21)16-10-15(23)11-17(24)19(16)25/h10-11,13,29H,3-9,12H2,1-2H3/t13-/m1/s1. The van der Waals surface area contributed by atoms with E-state index in [-0.39, 0.29) is 6.61 Å². The predicted octanol–water partition coefficient (Wildman–Crippen LogP) is 6.31. The fourth-order valence-electron chi connectivity index (χ4n) is 5.10. The minimum atomic E-state index is -0.181. The Bertz CT molecular complexity index is 926. The van der Waals surface area contributed by atoms with Crippen molar-refractivity contribution in [2.75, 3.05) is 18.0 Å². The fraction of sp³-hybridized carbons (Fsp3) is 0.545. The van der Waals surface area contributed by atoms with Crippen LogP contribution in [-0.2, 0) is 6.61 Å². The summed E-state index contributed by atoms with van der Waals surface area (Å²) in [5.74, 6) is 1.57. The minimum absolute atomic E-state index is 0.181. The highest BCUT2D eigenvalue weighted by Crippen LogP contribution is 2.50. The zero-order chi connectivity index (χ0) is 20.8. The Morgan fingerprint density at radius 3 is 2.48 bits per heavy atom. The first-order chi connectivity index (χ1) is 13.8. The van der Waals surface area contributed by atoms with E-state index in [1.54, 1.807) is 12.1 Å². The van der Waals surface area contributed by atoms with Gasteiger partial charge in [-0.25, -0.2) is 9.97 Å². The van der Waals surface area contributed by atoms with Crippen molar-refractivity contribution < 1.29 is 5.11 Å². The van der Waals surface area contributed by atoms with E-state index in [9.17, 15) is 5.11 Å². The lowest BCUT2D eigenvalue weighted by Gasteiger charge is -2.43. The van der Waals surface area contributed by atoms with Gasteiger partial charge in [-0.2, -0.15) is 0 Å². The second-order valence-corrected chi connectivity index (χ2v) is 9.70. The van der Waals surface area contributed by atoms with Crippen LogP contribution in [0.5, 0.6) is 0 Å². The van der Waals surface area contributed by atoms with Crippen molar-refractivity contribution in [1.82, 2.24) is 9.97 Å². The van der Waals surface area contributed by atoms with E-state index >= 15 is 0 Å². The number of aliphatic hydroxyl groups excluding tert-OH is 1. The third-order valence-corrected chi connectivity index (χ3v) is 7.96. The normalized spacial score (nSPS) is 21.2. The number of piperidine rings is 1. The summed E-state index contributed by atoms with van der Waals surface area (Å²) in [6.45, 7) is 6.03. The van der Waals surface area contributed by atoms with Gasteiger partial charge in [0.15, 0.2) is 5.82 Å². The molecule has 0 radical (unpaired) electrons. The van der Waals surface area contributed by atoms with Crippen molar-refractivity contribution in [3.8, 4) is 11.3 Å². The molecule has 1 aromatic carbocycles. The van der Waals surface area contributed by atoms with E-state index in [4.69, 9.17) is 44.8 Å². The molecule has 7 heteroatoms. The molecule has 1 spiro atoms. The van der Waals surface area contributed by atoms with Crippen LogP contribution < -0.4 is 4.90 Å². The summed E-state index contributed by atoms with van der Waals surface area (Å²) in [5.41, 5.74) is 3.03. The average molecular weight is 455 g/mol. The topological polar surface area (TPSA) is 49.2 Å². The Morgan fingerprint density at radius 1 is 1.14 bits per heavy atom. The van der Waals surface area contributed by atoms with E-state index in [1.807, 2.05) is 6.92 Å². The van der Waals surface area contributed by atoms with Crippen molar-refractivity contribution in [2.45, 2.75) is 52.6 Å². The molecule has 1 saturated heterocycles. The molecule has 2 aromatic rings. The van der Waals surface area contributed by atoms with Crippen molar-refractivity contribution >= 4 is 40.6 Å². The van der Waals surface area contributed by atoms with Crippen LogP contribution in [0.15, 0.2) is 12.1 Å². The summed E-state index contributed by atoms with van der Waals surface area (Å²) in [5, 5.41) is 11.3. The van der Waals surface area contributed by atoms with Crippen LogP contribution in [0.2, 0.25) is 15.1 Å². The number of hydrogen-bond donors (Lipinski definition) is 1. The number of aliphatic hydroxyl groups is 1. The van der Waals surface area contributed by atoms with Gasteiger partial charge in [0.25, 0.3) is 0 Å². The van der Waals surface area contributed by atoms with Crippen LogP contribution >= 0.6 is 34.8 Å². The molecule has 4 rings (SSSR count). The SMILES string of the molecule is Cc1nc(N2CCC3(CCC[C@H]3C)CC2)c(CO)nc1-c1cc(Cl)cc(Cl)c1Cl. The molecule has 4 nitrogen and oxygen atoms in total. The van der Waals surface area contributed by atoms with Gasteiger partial charge in [0.05, 0.1) is 28.0 Å². The molecule has 1 saturated carbocycles. The third kappa shape index (κ3) is 3.85. The van der Waals surface area contributed by atoms with E-state index in [1.165, 1.54) is 32.1 Å². The molecule has 1 aliphatic carbocycles. The van der Waals surface area contributed by atoms with Crippen molar-refractivity contribution in [3.05, 3.63) is 38.6 Å². The van der Waals surface area contributed by atoms with Crippen molar-refractivity contribution in [1.29, 1.82) is 0 Å². The average Bonchev–Trinajstić information content (AvgIpc) is 3.05. The van der Waals surface area contributed by atoms with Crippen LogP contribution in [0.25, 0.3) is 11.3 Å². The highest BCUT2D eigenvalue weighted by atomic mass is 35.5. The van der Waals surface area contributed by atoms with Crippen LogP contribution in [0, 0.1) is 18.3 Å². The largest absolute Gasteiger partial charge is 0.390 e. The first-order valence-electron chi connectivity index (χ1n) is 10.2. The summed E-state index contributed by atoms with van der Waals surface area (Å²) in [6, 6.07) is 3.34. The van der Waals surface area contributed by atoms with Gasteiger partial charge in [-0.1, -0.05) is 54.6 Å². The highest BCUT2D eigenvalue weighted by Gasteiger charge is 2.42. The minimum Gasteiger partial charge on any atom is -0.390 e. The van der Waals surface area contributed by atoms with Crippen molar-refractivity contribution in [3.63, 3.8) is 0 Å². The number of hydrogen-bond acceptors (Lipinski definition) is 4. The third-order valence-electron chi connectivity index (χ3n) is 6.94. The second-order valence-electron chi connectivity index (χ2n) is 8.48. The summed E-state index contributed by atoms with van der Waals surface area (Å²) < 4.78 is 0. The Labute approximate surface area is 187 Å². The van der Waals surface area contributed by atoms with E-state index in [0.29, 0.717) is 37.4 Å². The first kappa shape index (κ1) is 21.2. The predicted molar refractivity (Wildman–Crippen MR) is 120 cm³/mol. The monoisotopic (exact) mass is 453 g/mol. The lowest BCUT2D eigenvalue weighted by Crippen LogP contribution is -2.42. The maximum Gasteiger partial charge on any atom is 0.153 e. The summed E-state index contributed by atoms with van der Waals surface area (Å²) in [7, 11) is 0. The Kier molecular flexibility index (Phi) is 6.00. The molecule has 0 amide bonds. The number of rotatable bonds is 3. The van der Waals surface area contributed by atoms with Crippen LogP contribution in [0.1, 0.15) is 50.4 Å². The van der Waals surface area contributed by atoms with Gasteiger partial charge in [0, 0.05) is 23.7 Å². The molecule has 2 fully saturated rings. The maximum absolute atomic E-state index is 10.0. The molecule has 2 heterocycles. The maximum atomic E-state index is 10.0. The number of aromatic nitrogens is 2. The van der Waals surface area contributed by atoms with Gasteiger partial charge in [-0.05, 0) is 49.7 Å². The summed E-state index contributed by atoms with van der Waals surface area (Å²) in [6.07, 6.45) is 6.39. The zero-order valence-corrected chi connectivity index (χ0v) is 19.1. The van der Waals surface area contributed by atoms with Gasteiger partial charge < -0.3 is 10.0 Å². The molecule has 0 bridgehead atoms. The first-order valence-corrected chi connectivity index (χ1v) is 11.4. The second kappa shape index (κ2) is 8.22. The molecule has 1 N–H and O–H groups in total. The van der Waals surface area contributed by atoms with Gasteiger partial charge in [0.1, 0.15) is 5.69 Å². The molecule has 1 atom stereocenters. The quantitative estimate of drug-likeness (QED) is 0.552. The molecule has 1 aliphatic heterocycles. The van der Waals surface area contributed by atoms with E-state index in [2.05, 4.69) is 11.8 Å². The van der Waals surface area contributed by atoms with Gasteiger partial charge in [0.2, 0.25) is 0 Å². The number of aryl methyl sites for hydroxylation is 1. The van der Waals surface area contributed by atoms with Gasteiger partial charge in [-0.15, -0.1) is 0 Å². The Balaban J connectivity index is 1.66. The van der Waals surface area contributed by atoms with E-state index in [0.717, 1.165) is 30.5 Å². The van der Waals surface area contributed by atoms with Gasteiger partial charge in [-0.3, -0.25) is 0 Å². The van der Waals surface area contributed by atoms with E-state index < -0.39 is 0 Å². The highest BCUT2D eigenvalue weighted by molar-refractivity contribution is 6.45. The number of benzene rings is 1. The van der Waals surface area contributed by atoms with Crippen LogP contribution in [0.3, 0.4) is 0 Å². The van der Waals surface area contributed by atoms with Crippen LogP contribution in [0.4, 0.5) is 5.82 Å². The number of nitrogens with zero attached hydrogens (tertiary/aromatic N) is 3. The number of halogens is 3.